The molecule has 2 unspecified atom stereocenters. The fourth-order valence-electron chi connectivity index (χ4n) is 3.07. The van der Waals surface area contributed by atoms with Crippen LogP contribution in [0.4, 0.5) is 10.1 Å². The molecule has 1 saturated heterocycles. The van der Waals surface area contributed by atoms with Crippen molar-refractivity contribution in [2.75, 3.05) is 18.0 Å². The molecular formula is C18H21ClFN3O2. The smallest absolute Gasteiger partial charge is 0.268 e. The van der Waals surface area contributed by atoms with E-state index in [2.05, 4.69) is 10.3 Å². The first-order chi connectivity index (χ1) is 11.9. The molecule has 0 saturated carbocycles. The second-order valence-corrected chi connectivity index (χ2v) is 6.80. The number of halogens is 2. The summed E-state index contributed by atoms with van der Waals surface area (Å²) in [6, 6.07) is 6.59. The van der Waals surface area contributed by atoms with Gasteiger partial charge < -0.3 is 19.9 Å². The molecule has 2 atom stereocenters. The van der Waals surface area contributed by atoms with Crippen LogP contribution in [0.1, 0.15) is 29.9 Å². The standard InChI is InChI=1S/C18H21ClFN3O2/c1-11-9-23(10-12(2)25-11)17-4-3-13(5-15(17)20)7-22-18(24)16-6-14(19)8-21-16/h3-6,8,11-12,21H,7,9-10H2,1-2H3,(H,22,24). The summed E-state index contributed by atoms with van der Waals surface area (Å²) in [4.78, 5) is 16.8. The van der Waals surface area contributed by atoms with Gasteiger partial charge in [0.15, 0.2) is 0 Å². The van der Waals surface area contributed by atoms with Gasteiger partial charge in [0.05, 0.1) is 22.9 Å². The number of hydrogen-bond acceptors (Lipinski definition) is 3. The Morgan fingerprint density at radius 2 is 2.08 bits per heavy atom. The number of aromatic amines is 1. The Kier molecular flexibility index (Phi) is 5.30. The molecule has 1 aliphatic heterocycles. The molecule has 1 aromatic carbocycles. The maximum absolute atomic E-state index is 14.5. The van der Waals surface area contributed by atoms with Gasteiger partial charge in [-0.25, -0.2) is 4.39 Å². The van der Waals surface area contributed by atoms with Crippen LogP contribution in [0.5, 0.6) is 0 Å². The van der Waals surface area contributed by atoms with Crippen molar-refractivity contribution < 1.29 is 13.9 Å². The van der Waals surface area contributed by atoms with Gasteiger partial charge in [-0.15, -0.1) is 0 Å². The van der Waals surface area contributed by atoms with Crippen molar-refractivity contribution in [1.82, 2.24) is 10.3 Å². The summed E-state index contributed by atoms with van der Waals surface area (Å²) in [6.07, 6.45) is 1.67. The average molecular weight is 366 g/mol. The zero-order valence-electron chi connectivity index (χ0n) is 14.2. The van der Waals surface area contributed by atoms with Gasteiger partial charge in [0.25, 0.3) is 5.91 Å². The van der Waals surface area contributed by atoms with Crippen molar-refractivity contribution in [3.8, 4) is 0 Å². The summed E-state index contributed by atoms with van der Waals surface area (Å²) in [7, 11) is 0. The van der Waals surface area contributed by atoms with Gasteiger partial charge in [-0.3, -0.25) is 4.79 Å². The largest absolute Gasteiger partial charge is 0.372 e. The molecule has 0 spiro atoms. The first-order valence-electron chi connectivity index (χ1n) is 8.23. The predicted molar refractivity (Wildman–Crippen MR) is 95.6 cm³/mol. The van der Waals surface area contributed by atoms with E-state index in [1.807, 2.05) is 24.8 Å². The zero-order valence-corrected chi connectivity index (χ0v) is 14.9. The van der Waals surface area contributed by atoms with Crippen LogP contribution in [0.3, 0.4) is 0 Å². The molecule has 1 fully saturated rings. The Hall–Kier alpha value is -2.05. The lowest BCUT2D eigenvalue weighted by Crippen LogP contribution is -2.45. The highest BCUT2D eigenvalue weighted by atomic mass is 35.5. The molecule has 1 aliphatic rings. The number of benzene rings is 1. The number of amides is 1. The molecule has 2 aromatic rings. The summed E-state index contributed by atoms with van der Waals surface area (Å²) in [6.45, 7) is 5.52. The molecule has 7 heteroatoms. The van der Waals surface area contributed by atoms with Crippen molar-refractivity contribution in [1.29, 1.82) is 0 Å². The first kappa shape index (κ1) is 17.8. The van der Waals surface area contributed by atoms with Crippen molar-refractivity contribution >= 4 is 23.2 Å². The normalized spacial score (nSPS) is 20.6. The van der Waals surface area contributed by atoms with Crippen molar-refractivity contribution in [3.05, 3.63) is 52.6 Å². The van der Waals surface area contributed by atoms with E-state index < -0.39 is 0 Å². The third-order valence-corrected chi connectivity index (χ3v) is 4.34. The molecule has 5 nitrogen and oxygen atoms in total. The molecule has 1 amide bonds. The summed E-state index contributed by atoms with van der Waals surface area (Å²) in [5.41, 5.74) is 1.63. The van der Waals surface area contributed by atoms with Crippen LogP contribution in [-0.4, -0.2) is 36.2 Å². The van der Waals surface area contributed by atoms with Crippen LogP contribution in [0.15, 0.2) is 30.5 Å². The number of hydrogen-bond donors (Lipinski definition) is 2. The molecule has 2 heterocycles. The van der Waals surface area contributed by atoms with Crippen molar-refractivity contribution in [2.45, 2.75) is 32.6 Å². The topological polar surface area (TPSA) is 57.4 Å². The minimum atomic E-state index is -0.295. The van der Waals surface area contributed by atoms with E-state index in [0.29, 0.717) is 35.1 Å². The van der Waals surface area contributed by atoms with Gasteiger partial charge in [-0.1, -0.05) is 17.7 Å². The summed E-state index contributed by atoms with van der Waals surface area (Å²) < 4.78 is 20.2. The second kappa shape index (κ2) is 7.45. The molecule has 0 aliphatic carbocycles. The number of ether oxygens (including phenoxy) is 1. The fraction of sp³-hybridized carbons (Fsp3) is 0.389. The number of nitrogens with one attached hydrogen (secondary N) is 2. The number of H-pyrrole nitrogens is 1. The van der Waals surface area contributed by atoms with E-state index in [-0.39, 0.29) is 30.5 Å². The maximum Gasteiger partial charge on any atom is 0.268 e. The number of anilines is 1. The SMILES string of the molecule is CC1CN(c2ccc(CNC(=O)c3cc(Cl)c[nH]3)cc2F)CC(C)O1. The van der Waals surface area contributed by atoms with E-state index in [0.717, 1.165) is 0 Å². The number of aromatic nitrogens is 1. The summed E-state index contributed by atoms with van der Waals surface area (Å²) >= 11 is 5.78. The van der Waals surface area contributed by atoms with Gasteiger partial charge in [0.2, 0.25) is 0 Å². The number of carbonyl (C=O) groups is 1. The Morgan fingerprint density at radius 1 is 1.36 bits per heavy atom. The Labute approximate surface area is 151 Å². The molecule has 3 rings (SSSR count). The predicted octanol–water partition coefficient (Wildman–Crippen LogP) is 3.35. The lowest BCUT2D eigenvalue weighted by Gasteiger charge is -2.37. The van der Waals surface area contributed by atoms with Crippen LogP contribution in [-0.2, 0) is 11.3 Å². The van der Waals surface area contributed by atoms with Crippen molar-refractivity contribution in [2.24, 2.45) is 0 Å². The monoisotopic (exact) mass is 365 g/mol. The zero-order chi connectivity index (χ0) is 18.0. The van der Waals surface area contributed by atoms with Gasteiger partial charge >= 0.3 is 0 Å². The van der Waals surface area contributed by atoms with E-state index in [9.17, 15) is 9.18 Å². The highest BCUT2D eigenvalue weighted by Gasteiger charge is 2.24. The average Bonchev–Trinajstić information content (AvgIpc) is 2.98. The molecular weight excluding hydrogens is 345 g/mol. The third kappa shape index (κ3) is 4.32. The quantitative estimate of drug-likeness (QED) is 0.873. The number of morpholine rings is 1. The van der Waals surface area contributed by atoms with Gasteiger partial charge in [-0.05, 0) is 37.6 Å². The fourth-order valence-corrected chi connectivity index (χ4v) is 3.23. The Morgan fingerprint density at radius 3 is 2.68 bits per heavy atom. The van der Waals surface area contributed by atoms with E-state index >= 15 is 0 Å². The first-order valence-corrected chi connectivity index (χ1v) is 8.61. The lowest BCUT2D eigenvalue weighted by atomic mass is 10.1. The second-order valence-electron chi connectivity index (χ2n) is 6.36. The van der Waals surface area contributed by atoms with Gasteiger partial charge in [-0.2, -0.15) is 0 Å². The van der Waals surface area contributed by atoms with Crippen LogP contribution in [0, 0.1) is 5.82 Å². The van der Waals surface area contributed by atoms with E-state index in [4.69, 9.17) is 16.3 Å². The highest BCUT2D eigenvalue weighted by molar-refractivity contribution is 6.30. The minimum absolute atomic E-state index is 0.0646. The molecule has 2 N–H and O–H groups in total. The number of carbonyl (C=O) groups excluding carboxylic acids is 1. The van der Waals surface area contributed by atoms with Gasteiger partial charge in [0, 0.05) is 25.8 Å². The van der Waals surface area contributed by atoms with E-state index in [1.54, 1.807) is 12.1 Å². The Balaban J connectivity index is 1.64. The molecule has 0 radical (unpaired) electrons. The number of rotatable bonds is 4. The summed E-state index contributed by atoms with van der Waals surface area (Å²) in [5.74, 6) is -0.580. The maximum atomic E-state index is 14.5. The van der Waals surface area contributed by atoms with Crippen LogP contribution >= 0.6 is 11.6 Å². The minimum Gasteiger partial charge on any atom is -0.372 e. The third-order valence-electron chi connectivity index (χ3n) is 4.12. The lowest BCUT2D eigenvalue weighted by molar-refractivity contribution is -0.00539. The van der Waals surface area contributed by atoms with Crippen LogP contribution in [0.25, 0.3) is 0 Å². The highest BCUT2D eigenvalue weighted by Crippen LogP contribution is 2.24. The van der Waals surface area contributed by atoms with Crippen LogP contribution in [0.2, 0.25) is 5.02 Å². The molecule has 25 heavy (non-hydrogen) atoms. The molecule has 1 aromatic heterocycles. The number of nitrogens with zero attached hydrogens (tertiary/aromatic N) is 1. The van der Waals surface area contributed by atoms with Crippen LogP contribution < -0.4 is 10.2 Å². The van der Waals surface area contributed by atoms with Crippen molar-refractivity contribution in [3.63, 3.8) is 0 Å². The van der Waals surface area contributed by atoms with E-state index in [1.165, 1.54) is 12.3 Å². The Bertz CT molecular complexity index is 755. The summed E-state index contributed by atoms with van der Waals surface area (Å²) in [5, 5.41) is 3.21. The van der Waals surface area contributed by atoms with Gasteiger partial charge in [0.1, 0.15) is 11.5 Å². The molecule has 134 valence electrons. The molecule has 0 bridgehead atoms.